The predicted molar refractivity (Wildman–Crippen MR) is 321 cm³/mol. The van der Waals surface area contributed by atoms with E-state index < -0.39 is 0 Å². The molecule has 2 heterocycles. The fourth-order valence-corrected chi connectivity index (χ4v) is 12.7. The average Bonchev–Trinajstić information content (AvgIpc) is 3.38. The molecular formula is C71H77BN2. The minimum atomic E-state index is -0.243. The molecule has 8 aromatic carbocycles. The highest BCUT2D eigenvalue weighted by atomic mass is 15.2. The number of rotatable bonds is 6. The van der Waals surface area contributed by atoms with Crippen LogP contribution < -0.4 is 26.2 Å². The Morgan fingerprint density at radius 3 is 1.43 bits per heavy atom. The number of benzene rings is 8. The molecule has 0 saturated carbocycles. The Bertz CT molecular complexity index is 3450. The fraction of sp³-hybridized carbons (Fsp3) is 0.324. The van der Waals surface area contributed by atoms with Crippen molar-refractivity contribution in [3.8, 4) is 22.3 Å². The van der Waals surface area contributed by atoms with Crippen molar-refractivity contribution in [1.29, 1.82) is 0 Å². The van der Waals surface area contributed by atoms with Crippen LogP contribution in [0.25, 0.3) is 22.3 Å². The van der Waals surface area contributed by atoms with Crippen LogP contribution in [-0.4, -0.2) is 6.71 Å². The molecule has 11 rings (SSSR count). The lowest BCUT2D eigenvalue weighted by molar-refractivity contribution is 0.332. The Kier molecular flexibility index (Phi) is 11.6. The molecule has 8 aromatic rings. The summed E-state index contributed by atoms with van der Waals surface area (Å²) in [5.74, 6) is 0. The lowest BCUT2D eigenvalue weighted by Gasteiger charge is -2.48. The van der Waals surface area contributed by atoms with Crippen LogP contribution >= 0.6 is 0 Å². The molecule has 2 nitrogen and oxygen atoms in total. The van der Waals surface area contributed by atoms with Crippen molar-refractivity contribution in [1.82, 2.24) is 0 Å². The summed E-state index contributed by atoms with van der Waals surface area (Å²) < 4.78 is 0. The highest BCUT2D eigenvalue weighted by Crippen LogP contribution is 2.54. The summed E-state index contributed by atoms with van der Waals surface area (Å²) in [5, 5.41) is 0. The zero-order valence-electron chi connectivity index (χ0n) is 47.1. The minimum Gasteiger partial charge on any atom is -0.311 e. The highest BCUT2D eigenvalue weighted by molar-refractivity contribution is 7.00. The third-order valence-corrected chi connectivity index (χ3v) is 17.5. The molecule has 374 valence electrons. The summed E-state index contributed by atoms with van der Waals surface area (Å²) in [6, 6.07) is 66.0. The van der Waals surface area contributed by atoms with Crippen molar-refractivity contribution in [2.75, 3.05) is 9.80 Å². The fourth-order valence-electron chi connectivity index (χ4n) is 12.7. The lowest BCUT2D eigenvalue weighted by atomic mass is 9.32. The van der Waals surface area contributed by atoms with E-state index in [1.807, 2.05) is 0 Å². The molecule has 0 saturated heterocycles. The zero-order chi connectivity index (χ0) is 52.5. The van der Waals surface area contributed by atoms with E-state index in [9.17, 15) is 0 Å². The summed E-state index contributed by atoms with van der Waals surface area (Å²) in [6.45, 7) is 35.9. The third-order valence-electron chi connectivity index (χ3n) is 17.5. The monoisotopic (exact) mass is 969 g/mol. The van der Waals surface area contributed by atoms with Crippen LogP contribution in [0, 0.1) is 0 Å². The van der Waals surface area contributed by atoms with Crippen molar-refractivity contribution >= 4 is 57.2 Å². The number of anilines is 6. The van der Waals surface area contributed by atoms with E-state index in [1.54, 1.807) is 0 Å². The molecule has 2 aliphatic heterocycles. The first kappa shape index (κ1) is 49.6. The van der Waals surface area contributed by atoms with E-state index in [2.05, 4.69) is 284 Å². The molecule has 0 aromatic heterocycles. The van der Waals surface area contributed by atoms with E-state index in [4.69, 9.17) is 0 Å². The first-order valence-corrected chi connectivity index (χ1v) is 27.4. The molecule has 1 aliphatic carbocycles. The molecule has 0 N–H and O–H groups in total. The van der Waals surface area contributed by atoms with Gasteiger partial charge in [0.15, 0.2) is 0 Å². The van der Waals surface area contributed by atoms with Crippen LogP contribution in [0.5, 0.6) is 0 Å². The van der Waals surface area contributed by atoms with Crippen LogP contribution in [-0.2, 0) is 32.5 Å². The number of hydrogen-bond acceptors (Lipinski definition) is 2. The van der Waals surface area contributed by atoms with Gasteiger partial charge >= 0.3 is 0 Å². The van der Waals surface area contributed by atoms with Crippen molar-refractivity contribution < 1.29 is 0 Å². The van der Waals surface area contributed by atoms with Crippen molar-refractivity contribution in [3.63, 3.8) is 0 Å². The van der Waals surface area contributed by atoms with Gasteiger partial charge in [0, 0.05) is 39.4 Å². The van der Waals surface area contributed by atoms with Gasteiger partial charge in [0.25, 0.3) is 6.71 Å². The first-order chi connectivity index (χ1) is 34.8. The maximum Gasteiger partial charge on any atom is 0.252 e. The summed E-state index contributed by atoms with van der Waals surface area (Å²) in [7, 11) is 0. The number of hydrogen-bond donors (Lipinski definition) is 0. The van der Waals surface area contributed by atoms with Gasteiger partial charge < -0.3 is 9.80 Å². The normalized spacial score (nSPS) is 15.8. The summed E-state index contributed by atoms with van der Waals surface area (Å²) in [4.78, 5) is 5.36. The molecule has 0 spiro atoms. The van der Waals surface area contributed by atoms with E-state index in [0.29, 0.717) is 0 Å². The Labute approximate surface area is 445 Å². The molecule has 3 aliphatic rings. The summed E-state index contributed by atoms with van der Waals surface area (Å²) >= 11 is 0. The topological polar surface area (TPSA) is 6.48 Å². The molecule has 0 amide bonds. The van der Waals surface area contributed by atoms with Crippen LogP contribution in [0.1, 0.15) is 156 Å². The van der Waals surface area contributed by atoms with Crippen LogP contribution in [0.3, 0.4) is 0 Å². The SMILES string of the molecule is CC(C)(C)c1ccc(N2c3ccc(C(C)(C)c4ccccc4)cc3B3c4cc5c(cc4N(c4cc(-c6ccccc6)c(C(C)(C)C)cc4-c4ccccc4)c4cc(C(C)(C)C)cc2c43)C(C)(C)CCC5(C)C)cc1. The predicted octanol–water partition coefficient (Wildman–Crippen LogP) is 17.7. The largest absolute Gasteiger partial charge is 0.311 e. The molecular weight excluding hydrogens is 892 g/mol. The zero-order valence-corrected chi connectivity index (χ0v) is 47.1. The Balaban J connectivity index is 1.32. The molecule has 0 fully saturated rings. The Morgan fingerprint density at radius 2 is 0.878 bits per heavy atom. The van der Waals surface area contributed by atoms with Crippen molar-refractivity contribution in [2.24, 2.45) is 0 Å². The maximum absolute atomic E-state index is 2.74. The van der Waals surface area contributed by atoms with Crippen LogP contribution in [0.15, 0.2) is 170 Å². The van der Waals surface area contributed by atoms with E-state index >= 15 is 0 Å². The van der Waals surface area contributed by atoms with Gasteiger partial charge in [0.2, 0.25) is 0 Å². The molecule has 0 unspecified atom stereocenters. The quantitative estimate of drug-likeness (QED) is 0.153. The second-order valence-corrected chi connectivity index (χ2v) is 27.0. The number of nitrogens with zero attached hydrogens (tertiary/aromatic N) is 2. The van der Waals surface area contributed by atoms with E-state index in [1.165, 1.54) is 112 Å². The van der Waals surface area contributed by atoms with Crippen molar-refractivity contribution in [2.45, 2.75) is 149 Å². The molecule has 3 heteroatoms. The summed E-state index contributed by atoms with van der Waals surface area (Å²) in [6.07, 6.45) is 2.29. The lowest BCUT2D eigenvalue weighted by Crippen LogP contribution is -2.62. The number of fused-ring (bicyclic) bond motifs is 5. The Morgan fingerprint density at radius 1 is 0.378 bits per heavy atom. The smallest absolute Gasteiger partial charge is 0.252 e. The Hall–Kier alpha value is -6.58. The van der Waals surface area contributed by atoms with Gasteiger partial charge in [-0.2, -0.15) is 0 Å². The van der Waals surface area contributed by atoms with Gasteiger partial charge in [-0.05, 0) is 160 Å². The highest BCUT2D eigenvalue weighted by Gasteiger charge is 2.48. The van der Waals surface area contributed by atoms with Gasteiger partial charge in [0.1, 0.15) is 0 Å². The van der Waals surface area contributed by atoms with Crippen molar-refractivity contribution in [3.05, 3.63) is 209 Å². The standard InChI is InChI=1S/C71H77BN2/c1-66(2,3)48-31-34-52(35-32-48)73-60-36-33-50(71(14,15)49-29-23-18-24-30-49)39-58(60)72-59-44-56-57(70(12,13)38-37-69(56,10)11)45-62(59)74(64-41-51(67(4,5)6)40-63(73)65(64)72)61-43-53(46-25-19-16-20-26-46)55(68(7,8)9)42-54(61)47-27-21-17-22-28-47/h16-36,39-45H,37-38H2,1-15H3. The molecule has 0 bridgehead atoms. The second kappa shape index (κ2) is 17.2. The molecule has 0 radical (unpaired) electrons. The second-order valence-electron chi connectivity index (χ2n) is 27.0. The van der Waals surface area contributed by atoms with Gasteiger partial charge in [-0.25, -0.2) is 0 Å². The van der Waals surface area contributed by atoms with Crippen LogP contribution in [0.2, 0.25) is 0 Å². The molecule has 74 heavy (non-hydrogen) atoms. The van der Waals surface area contributed by atoms with Gasteiger partial charge in [0.05, 0.1) is 5.69 Å². The molecule has 0 atom stereocenters. The van der Waals surface area contributed by atoms with Crippen LogP contribution in [0.4, 0.5) is 34.1 Å². The first-order valence-electron chi connectivity index (χ1n) is 27.4. The van der Waals surface area contributed by atoms with E-state index in [-0.39, 0.29) is 39.2 Å². The van der Waals surface area contributed by atoms with E-state index in [0.717, 1.165) is 12.8 Å². The van der Waals surface area contributed by atoms with Gasteiger partial charge in [-0.1, -0.05) is 225 Å². The third kappa shape index (κ3) is 8.25. The average molecular weight is 969 g/mol. The van der Waals surface area contributed by atoms with Gasteiger partial charge in [-0.15, -0.1) is 0 Å². The summed E-state index contributed by atoms with van der Waals surface area (Å²) in [5.41, 5.74) is 25.6. The van der Waals surface area contributed by atoms with Gasteiger partial charge in [-0.3, -0.25) is 0 Å². The minimum absolute atomic E-state index is 0.00340. The maximum atomic E-state index is 2.74.